The van der Waals surface area contributed by atoms with Crippen LogP contribution in [-0.4, -0.2) is 18.5 Å². The Kier molecular flexibility index (Phi) is 4.18. The molecule has 0 saturated carbocycles. The summed E-state index contributed by atoms with van der Waals surface area (Å²) in [5.41, 5.74) is 0. The molecule has 4 heteroatoms. The van der Waals surface area contributed by atoms with Gasteiger partial charge in [-0.25, -0.2) is 0 Å². The maximum Gasteiger partial charge on any atom is 0.223 e. The van der Waals surface area contributed by atoms with Crippen LogP contribution in [0, 0.1) is 5.92 Å². The van der Waals surface area contributed by atoms with Gasteiger partial charge in [-0.1, -0.05) is 6.07 Å². The van der Waals surface area contributed by atoms with E-state index in [0.717, 1.165) is 19.4 Å². The van der Waals surface area contributed by atoms with E-state index >= 15 is 0 Å². The summed E-state index contributed by atoms with van der Waals surface area (Å²) in [6, 6.07) is 4.68. The predicted octanol–water partition coefficient (Wildman–Crippen LogP) is 2.31. The molecule has 1 aromatic rings. The molecular weight excluding hydrogens is 232 g/mol. The molecule has 0 aliphatic carbocycles. The van der Waals surface area contributed by atoms with Gasteiger partial charge < -0.3 is 10.6 Å². The fraction of sp³-hybridized carbons (Fsp3) is 0.615. The van der Waals surface area contributed by atoms with E-state index in [4.69, 9.17) is 0 Å². The van der Waals surface area contributed by atoms with E-state index in [1.165, 1.54) is 4.88 Å². The van der Waals surface area contributed by atoms with Crippen molar-refractivity contribution in [3.63, 3.8) is 0 Å². The molecule has 1 aliphatic rings. The van der Waals surface area contributed by atoms with Gasteiger partial charge in [0.1, 0.15) is 0 Å². The molecule has 1 aromatic heterocycles. The fourth-order valence-electron chi connectivity index (χ4n) is 2.31. The van der Waals surface area contributed by atoms with Crippen LogP contribution in [0.3, 0.4) is 0 Å². The molecule has 3 atom stereocenters. The van der Waals surface area contributed by atoms with Crippen LogP contribution in [0.25, 0.3) is 0 Å². The first kappa shape index (κ1) is 12.6. The third-order valence-corrected chi connectivity index (χ3v) is 4.38. The van der Waals surface area contributed by atoms with E-state index in [9.17, 15) is 4.79 Å². The Bertz CT molecular complexity index is 364. The van der Waals surface area contributed by atoms with Crippen molar-refractivity contribution in [2.75, 3.05) is 6.54 Å². The Labute approximate surface area is 107 Å². The standard InChI is InChI=1S/C13H20N2OS/c1-9-8-11(5-6-14-9)13(16)15-10(2)12-4-3-7-17-12/h3-4,7,9-11,14H,5-6,8H2,1-2H3,(H,15,16). The van der Waals surface area contributed by atoms with E-state index in [2.05, 4.69) is 23.6 Å². The minimum Gasteiger partial charge on any atom is -0.349 e. The van der Waals surface area contributed by atoms with Crippen molar-refractivity contribution in [3.8, 4) is 0 Å². The lowest BCUT2D eigenvalue weighted by molar-refractivity contribution is -0.126. The molecule has 2 heterocycles. The molecule has 0 spiro atoms. The second-order valence-corrected chi connectivity index (χ2v) is 5.80. The van der Waals surface area contributed by atoms with Crippen LogP contribution < -0.4 is 10.6 Å². The Balaban J connectivity index is 1.88. The normalized spacial score (nSPS) is 26.5. The van der Waals surface area contributed by atoms with Gasteiger partial charge in [0.15, 0.2) is 0 Å². The first-order chi connectivity index (χ1) is 8.16. The molecule has 1 saturated heterocycles. The van der Waals surface area contributed by atoms with Gasteiger partial charge in [0, 0.05) is 16.8 Å². The highest BCUT2D eigenvalue weighted by molar-refractivity contribution is 7.10. The number of carbonyl (C=O) groups excluding carboxylic acids is 1. The smallest absolute Gasteiger partial charge is 0.223 e. The summed E-state index contributed by atoms with van der Waals surface area (Å²) in [5, 5.41) is 8.53. The first-order valence-corrected chi connectivity index (χ1v) is 7.12. The minimum absolute atomic E-state index is 0.132. The van der Waals surface area contributed by atoms with Crippen LogP contribution in [-0.2, 0) is 4.79 Å². The average Bonchev–Trinajstić information content (AvgIpc) is 2.82. The maximum absolute atomic E-state index is 12.1. The van der Waals surface area contributed by atoms with Gasteiger partial charge >= 0.3 is 0 Å². The number of rotatable bonds is 3. The highest BCUT2D eigenvalue weighted by atomic mass is 32.1. The number of hydrogen-bond donors (Lipinski definition) is 2. The van der Waals surface area contributed by atoms with Crippen molar-refractivity contribution < 1.29 is 4.79 Å². The van der Waals surface area contributed by atoms with Crippen LogP contribution in [0.2, 0.25) is 0 Å². The third-order valence-electron chi connectivity index (χ3n) is 3.32. The molecule has 94 valence electrons. The van der Waals surface area contributed by atoms with Crippen LogP contribution in [0.4, 0.5) is 0 Å². The monoisotopic (exact) mass is 252 g/mol. The third kappa shape index (κ3) is 3.30. The minimum atomic E-state index is 0.132. The van der Waals surface area contributed by atoms with E-state index < -0.39 is 0 Å². The van der Waals surface area contributed by atoms with Crippen LogP contribution in [0.1, 0.15) is 37.6 Å². The van der Waals surface area contributed by atoms with Crippen LogP contribution in [0.5, 0.6) is 0 Å². The largest absolute Gasteiger partial charge is 0.349 e. The molecule has 1 aliphatic heterocycles. The van der Waals surface area contributed by atoms with E-state index in [1.807, 2.05) is 18.4 Å². The van der Waals surface area contributed by atoms with Gasteiger partial charge in [-0.3, -0.25) is 4.79 Å². The number of hydrogen-bond acceptors (Lipinski definition) is 3. The van der Waals surface area contributed by atoms with Crippen molar-refractivity contribution in [1.82, 2.24) is 10.6 Å². The summed E-state index contributed by atoms with van der Waals surface area (Å²) in [6.45, 7) is 5.14. The second-order valence-electron chi connectivity index (χ2n) is 4.82. The average molecular weight is 252 g/mol. The lowest BCUT2D eigenvalue weighted by Gasteiger charge is -2.28. The summed E-state index contributed by atoms with van der Waals surface area (Å²) >= 11 is 1.69. The Morgan fingerprint density at radius 3 is 3.12 bits per heavy atom. The molecule has 2 N–H and O–H groups in total. The predicted molar refractivity (Wildman–Crippen MR) is 71.1 cm³/mol. The van der Waals surface area contributed by atoms with Crippen molar-refractivity contribution in [3.05, 3.63) is 22.4 Å². The summed E-state index contributed by atoms with van der Waals surface area (Å²) in [4.78, 5) is 13.3. The van der Waals surface area contributed by atoms with Crippen molar-refractivity contribution in [1.29, 1.82) is 0 Å². The lowest BCUT2D eigenvalue weighted by atomic mass is 9.92. The molecule has 1 fully saturated rings. The molecular formula is C13H20N2OS. The topological polar surface area (TPSA) is 41.1 Å². The molecule has 0 radical (unpaired) electrons. The number of amides is 1. The Morgan fingerprint density at radius 1 is 1.65 bits per heavy atom. The Hall–Kier alpha value is -0.870. The first-order valence-electron chi connectivity index (χ1n) is 6.24. The summed E-state index contributed by atoms with van der Waals surface area (Å²) in [6.07, 6.45) is 1.90. The molecule has 17 heavy (non-hydrogen) atoms. The van der Waals surface area contributed by atoms with Gasteiger partial charge in [0.2, 0.25) is 5.91 Å². The molecule has 3 nitrogen and oxygen atoms in total. The summed E-state index contributed by atoms with van der Waals surface area (Å²) in [7, 11) is 0. The maximum atomic E-state index is 12.1. The van der Waals surface area contributed by atoms with Crippen molar-refractivity contribution in [2.24, 2.45) is 5.92 Å². The zero-order valence-corrected chi connectivity index (χ0v) is 11.2. The quantitative estimate of drug-likeness (QED) is 0.867. The summed E-state index contributed by atoms with van der Waals surface area (Å²) < 4.78 is 0. The number of piperidine rings is 1. The molecule has 0 bridgehead atoms. The van der Waals surface area contributed by atoms with E-state index in [1.54, 1.807) is 11.3 Å². The number of carbonyl (C=O) groups is 1. The van der Waals surface area contributed by atoms with Crippen LogP contribution >= 0.6 is 11.3 Å². The zero-order valence-electron chi connectivity index (χ0n) is 10.4. The SMILES string of the molecule is CC1CC(C(=O)NC(C)c2cccs2)CCN1. The molecule has 3 unspecified atom stereocenters. The van der Waals surface area contributed by atoms with Gasteiger partial charge in [-0.05, 0) is 44.7 Å². The summed E-state index contributed by atoms with van der Waals surface area (Å²) in [5.74, 6) is 0.382. The van der Waals surface area contributed by atoms with Crippen molar-refractivity contribution >= 4 is 17.2 Å². The van der Waals surface area contributed by atoms with Gasteiger partial charge in [-0.2, -0.15) is 0 Å². The fourth-order valence-corrected chi connectivity index (χ4v) is 3.04. The van der Waals surface area contributed by atoms with Gasteiger partial charge in [0.25, 0.3) is 0 Å². The molecule has 0 aromatic carbocycles. The van der Waals surface area contributed by atoms with E-state index in [0.29, 0.717) is 6.04 Å². The van der Waals surface area contributed by atoms with E-state index in [-0.39, 0.29) is 17.9 Å². The zero-order chi connectivity index (χ0) is 12.3. The highest BCUT2D eigenvalue weighted by Crippen LogP contribution is 2.21. The van der Waals surface area contributed by atoms with Crippen molar-refractivity contribution in [2.45, 2.75) is 38.8 Å². The van der Waals surface area contributed by atoms with Gasteiger partial charge in [-0.15, -0.1) is 11.3 Å². The van der Waals surface area contributed by atoms with Crippen LogP contribution in [0.15, 0.2) is 17.5 Å². The lowest BCUT2D eigenvalue weighted by Crippen LogP contribution is -2.42. The molecule has 2 rings (SSSR count). The second kappa shape index (κ2) is 5.65. The van der Waals surface area contributed by atoms with Gasteiger partial charge in [0.05, 0.1) is 6.04 Å². The number of thiophene rings is 1. The number of nitrogens with one attached hydrogen (secondary N) is 2. The Morgan fingerprint density at radius 2 is 2.47 bits per heavy atom. The molecule has 1 amide bonds. The highest BCUT2D eigenvalue weighted by Gasteiger charge is 2.25.